The van der Waals surface area contributed by atoms with Gasteiger partial charge in [0.15, 0.2) is 11.6 Å². The van der Waals surface area contributed by atoms with E-state index in [1.807, 2.05) is 25.1 Å². The summed E-state index contributed by atoms with van der Waals surface area (Å²) in [6, 6.07) is 9.38. The summed E-state index contributed by atoms with van der Waals surface area (Å²) in [6.07, 6.45) is 0. The van der Waals surface area contributed by atoms with E-state index < -0.39 is 5.82 Å². The third kappa shape index (κ3) is 3.44. The second kappa shape index (κ2) is 6.58. The third-order valence-corrected chi connectivity index (χ3v) is 4.22. The number of hydrogen-bond acceptors (Lipinski definition) is 2. The first-order chi connectivity index (χ1) is 9.93. The Labute approximate surface area is 133 Å². The van der Waals surface area contributed by atoms with E-state index in [9.17, 15) is 4.39 Å². The average molecular weight is 352 g/mol. The maximum atomic E-state index is 14.3. The molecule has 2 aromatic carbocycles. The van der Waals surface area contributed by atoms with Crippen molar-refractivity contribution in [2.45, 2.75) is 33.2 Å². The fourth-order valence-electron chi connectivity index (χ4n) is 2.13. The zero-order valence-electron chi connectivity index (χ0n) is 12.4. The monoisotopic (exact) mass is 351 g/mol. The number of aryl methyl sites for hydroxylation is 1. The van der Waals surface area contributed by atoms with Gasteiger partial charge in [-0.3, -0.25) is 0 Å². The van der Waals surface area contributed by atoms with Crippen LogP contribution in [0.1, 0.15) is 36.5 Å². The molecule has 0 saturated carbocycles. The minimum Gasteiger partial charge on any atom is -0.454 e. The Morgan fingerprint density at radius 2 is 1.90 bits per heavy atom. The van der Waals surface area contributed by atoms with E-state index in [0.29, 0.717) is 21.7 Å². The molecule has 0 aliphatic carbocycles. The highest BCUT2D eigenvalue weighted by Crippen LogP contribution is 2.35. The van der Waals surface area contributed by atoms with E-state index in [1.54, 1.807) is 12.1 Å². The Bertz CT molecular complexity index is 655. The highest BCUT2D eigenvalue weighted by atomic mass is 79.9. The van der Waals surface area contributed by atoms with Gasteiger partial charge < -0.3 is 10.5 Å². The molecule has 2 N–H and O–H groups in total. The third-order valence-electron chi connectivity index (χ3n) is 3.36. The molecule has 0 amide bonds. The summed E-state index contributed by atoms with van der Waals surface area (Å²) < 4.78 is 20.5. The molecule has 0 spiro atoms. The highest BCUT2D eigenvalue weighted by molar-refractivity contribution is 9.10. The van der Waals surface area contributed by atoms with E-state index >= 15 is 0 Å². The largest absolute Gasteiger partial charge is 0.454 e. The fraction of sp³-hybridized carbons (Fsp3) is 0.294. The number of benzene rings is 2. The van der Waals surface area contributed by atoms with Crippen LogP contribution in [0.4, 0.5) is 4.39 Å². The van der Waals surface area contributed by atoms with Gasteiger partial charge in [-0.05, 0) is 57.6 Å². The van der Waals surface area contributed by atoms with Crippen molar-refractivity contribution in [3.63, 3.8) is 0 Å². The summed E-state index contributed by atoms with van der Waals surface area (Å²) in [5.41, 5.74) is 8.42. The van der Waals surface area contributed by atoms with Gasteiger partial charge in [0.1, 0.15) is 5.75 Å². The van der Waals surface area contributed by atoms with Crippen molar-refractivity contribution in [1.29, 1.82) is 0 Å². The van der Waals surface area contributed by atoms with Crippen LogP contribution >= 0.6 is 15.9 Å². The second-order valence-corrected chi connectivity index (χ2v) is 6.15. The summed E-state index contributed by atoms with van der Waals surface area (Å²) >= 11 is 3.23. The molecule has 0 aromatic heterocycles. The summed E-state index contributed by atoms with van der Waals surface area (Å²) in [5, 5.41) is 0. The van der Waals surface area contributed by atoms with Crippen molar-refractivity contribution < 1.29 is 9.13 Å². The second-order valence-electron chi connectivity index (χ2n) is 5.35. The molecule has 0 saturated heterocycles. The van der Waals surface area contributed by atoms with Crippen LogP contribution in [-0.2, 0) is 6.54 Å². The smallest absolute Gasteiger partial charge is 0.180 e. The van der Waals surface area contributed by atoms with Gasteiger partial charge in [-0.1, -0.05) is 32.0 Å². The van der Waals surface area contributed by atoms with Crippen molar-refractivity contribution >= 4 is 15.9 Å². The average Bonchev–Trinajstić information content (AvgIpc) is 2.44. The highest BCUT2D eigenvalue weighted by Gasteiger charge is 2.15. The standard InChI is InChI=1S/C17H19BrFNO/c1-10(2)13-6-4-11(3)8-15(13)21-14-7-5-12(9-20)16(18)17(14)19/h4-8,10H,9,20H2,1-3H3. The summed E-state index contributed by atoms with van der Waals surface area (Å²) in [5.74, 6) is 0.771. The first-order valence-electron chi connectivity index (χ1n) is 6.89. The van der Waals surface area contributed by atoms with Crippen LogP contribution in [0.15, 0.2) is 34.8 Å². The zero-order chi connectivity index (χ0) is 15.6. The first-order valence-corrected chi connectivity index (χ1v) is 7.68. The van der Waals surface area contributed by atoms with Crippen LogP contribution in [-0.4, -0.2) is 0 Å². The van der Waals surface area contributed by atoms with Gasteiger partial charge in [-0.25, -0.2) is 4.39 Å². The summed E-state index contributed by atoms with van der Waals surface area (Å²) in [4.78, 5) is 0. The molecular weight excluding hydrogens is 333 g/mol. The topological polar surface area (TPSA) is 35.2 Å². The molecule has 0 fully saturated rings. The lowest BCUT2D eigenvalue weighted by molar-refractivity contribution is 0.433. The van der Waals surface area contributed by atoms with E-state index in [1.165, 1.54) is 0 Å². The molecule has 4 heteroatoms. The van der Waals surface area contributed by atoms with Gasteiger partial charge in [-0.15, -0.1) is 0 Å². The molecule has 0 aliphatic heterocycles. The Kier molecular flexibility index (Phi) is 5.01. The van der Waals surface area contributed by atoms with Crippen LogP contribution in [0.5, 0.6) is 11.5 Å². The molecule has 0 bridgehead atoms. The predicted octanol–water partition coefficient (Wildman–Crippen LogP) is 5.27. The SMILES string of the molecule is Cc1ccc(C(C)C)c(Oc2ccc(CN)c(Br)c2F)c1. The van der Waals surface area contributed by atoms with E-state index in [-0.39, 0.29) is 12.3 Å². The maximum Gasteiger partial charge on any atom is 0.180 e. The van der Waals surface area contributed by atoms with Gasteiger partial charge in [0.25, 0.3) is 0 Å². The number of hydrogen-bond donors (Lipinski definition) is 1. The van der Waals surface area contributed by atoms with E-state index in [2.05, 4.69) is 29.8 Å². The van der Waals surface area contributed by atoms with Gasteiger partial charge in [0, 0.05) is 6.54 Å². The Morgan fingerprint density at radius 3 is 2.52 bits per heavy atom. The molecule has 0 unspecified atom stereocenters. The lowest BCUT2D eigenvalue weighted by atomic mass is 10.0. The van der Waals surface area contributed by atoms with Gasteiger partial charge in [0.05, 0.1) is 4.47 Å². The minimum atomic E-state index is -0.422. The number of nitrogens with two attached hydrogens (primary N) is 1. The number of halogens is 2. The molecule has 112 valence electrons. The maximum absolute atomic E-state index is 14.3. The van der Waals surface area contributed by atoms with Crippen molar-refractivity contribution in [1.82, 2.24) is 0 Å². The first kappa shape index (κ1) is 16.0. The quantitative estimate of drug-likeness (QED) is 0.813. The number of ether oxygens (including phenoxy) is 1. The normalized spacial score (nSPS) is 11.0. The minimum absolute atomic E-state index is 0.201. The van der Waals surface area contributed by atoms with Crippen LogP contribution in [0.3, 0.4) is 0 Å². The van der Waals surface area contributed by atoms with Gasteiger partial charge in [-0.2, -0.15) is 0 Å². The van der Waals surface area contributed by atoms with Crippen LogP contribution in [0.25, 0.3) is 0 Å². The molecular formula is C17H19BrFNO. The Hall–Kier alpha value is -1.39. The zero-order valence-corrected chi connectivity index (χ0v) is 14.0. The fourth-order valence-corrected chi connectivity index (χ4v) is 2.62. The lowest BCUT2D eigenvalue weighted by Gasteiger charge is -2.16. The number of rotatable bonds is 4. The van der Waals surface area contributed by atoms with E-state index in [0.717, 1.165) is 11.1 Å². The molecule has 2 aromatic rings. The Balaban J connectivity index is 2.43. The van der Waals surface area contributed by atoms with Crippen LogP contribution in [0, 0.1) is 12.7 Å². The van der Waals surface area contributed by atoms with E-state index in [4.69, 9.17) is 10.5 Å². The Morgan fingerprint density at radius 1 is 1.19 bits per heavy atom. The summed E-state index contributed by atoms with van der Waals surface area (Å²) in [7, 11) is 0. The molecule has 21 heavy (non-hydrogen) atoms. The molecule has 0 atom stereocenters. The van der Waals surface area contributed by atoms with Crippen LogP contribution in [0.2, 0.25) is 0 Å². The van der Waals surface area contributed by atoms with Crippen LogP contribution < -0.4 is 10.5 Å². The molecule has 0 aliphatic rings. The van der Waals surface area contributed by atoms with Gasteiger partial charge >= 0.3 is 0 Å². The summed E-state index contributed by atoms with van der Waals surface area (Å²) in [6.45, 7) is 6.43. The van der Waals surface area contributed by atoms with Gasteiger partial charge in [0.2, 0.25) is 0 Å². The van der Waals surface area contributed by atoms with Crippen molar-refractivity contribution in [3.8, 4) is 11.5 Å². The predicted molar refractivity (Wildman–Crippen MR) is 87.3 cm³/mol. The molecule has 0 heterocycles. The molecule has 2 nitrogen and oxygen atoms in total. The van der Waals surface area contributed by atoms with Crippen molar-refractivity contribution in [3.05, 3.63) is 57.3 Å². The van der Waals surface area contributed by atoms with Crippen molar-refractivity contribution in [2.75, 3.05) is 0 Å². The molecule has 2 rings (SSSR count). The molecule has 0 radical (unpaired) electrons. The lowest BCUT2D eigenvalue weighted by Crippen LogP contribution is -2.01. The van der Waals surface area contributed by atoms with Crippen molar-refractivity contribution in [2.24, 2.45) is 5.73 Å².